The minimum atomic E-state index is -4.37. The van der Waals surface area contributed by atoms with Crippen LogP contribution in [0.4, 0.5) is 14.5 Å². The third-order valence-electron chi connectivity index (χ3n) is 5.73. The highest BCUT2D eigenvalue weighted by atomic mass is 32.2. The van der Waals surface area contributed by atoms with E-state index in [1.807, 2.05) is 0 Å². The molecule has 2 N–H and O–H groups in total. The SMILES string of the molecule is CN(C)S(=O)(=O)c1c(C(N)=O)c(N2CCC[C@@H]2c2cccc(F)c2)c(F)c2c(C=O)cnn12. The van der Waals surface area contributed by atoms with Crippen molar-refractivity contribution < 1.29 is 26.8 Å². The molecular weight excluding hydrogens is 456 g/mol. The summed E-state index contributed by atoms with van der Waals surface area (Å²) in [5.41, 5.74) is 4.60. The van der Waals surface area contributed by atoms with E-state index in [4.69, 9.17) is 5.73 Å². The van der Waals surface area contributed by atoms with Crippen LogP contribution in [0.1, 0.15) is 45.2 Å². The Balaban J connectivity index is 2.12. The van der Waals surface area contributed by atoms with Crippen LogP contribution in [-0.2, 0) is 10.0 Å². The number of amides is 1. The van der Waals surface area contributed by atoms with E-state index >= 15 is 4.39 Å². The van der Waals surface area contributed by atoms with Gasteiger partial charge in [-0.1, -0.05) is 12.1 Å². The zero-order valence-corrected chi connectivity index (χ0v) is 18.6. The number of pyridine rings is 1. The number of aldehydes is 1. The first-order chi connectivity index (χ1) is 15.6. The average Bonchev–Trinajstić information content (AvgIpc) is 3.40. The quantitative estimate of drug-likeness (QED) is 0.544. The van der Waals surface area contributed by atoms with Gasteiger partial charge in [-0.3, -0.25) is 9.59 Å². The number of hydrogen-bond donors (Lipinski definition) is 1. The number of carbonyl (C=O) groups is 2. The number of primary amides is 1. The monoisotopic (exact) mass is 477 g/mol. The van der Waals surface area contributed by atoms with E-state index < -0.39 is 49.7 Å². The third kappa shape index (κ3) is 3.55. The van der Waals surface area contributed by atoms with Crippen molar-refractivity contribution in [1.29, 1.82) is 0 Å². The summed E-state index contributed by atoms with van der Waals surface area (Å²) in [7, 11) is -1.89. The zero-order chi connectivity index (χ0) is 24.1. The lowest BCUT2D eigenvalue weighted by Crippen LogP contribution is -2.33. The number of fused-ring (bicyclic) bond motifs is 1. The lowest BCUT2D eigenvalue weighted by atomic mass is 10.0. The van der Waals surface area contributed by atoms with Crippen LogP contribution in [0.5, 0.6) is 0 Å². The highest BCUT2D eigenvalue weighted by Crippen LogP contribution is 2.42. The Morgan fingerprint density at radius 3 is 2.64 bits per heavy atom. The van der Waals surface area contributed by atoms with Gasteiger partial charge in [-0.25, -0.2) is 26.0 Å². The number of hydrogen-bond acceptors (Lipinski definition) is 6. The summed E-state index contributed by atoms with van der Waals surface area (Å²) >= 11 is 0. The lowest BCUT2D eigenvalue weighted by molar-refractivity contribution is 0.0995. The molecule has 1 fully saturated rings. The van der Waals surface area contributed by atoms with E-state index in [1.54, 1.807) is 6.07 Å². The largest absolute Gasteiger partial charge is 0.365 e. The van der Waals surface area contributed by atoms with Gasteiger partial charge in [0, 0.05) is 20.6 Å². The second-order valence-corrected chi connectivity index (χ2v) is 9.95. The molecule has 0 aliphatic carbocycles. The highest BCUT2D eigenvalue weighted by molar-refractivity contribution is 7.89. The molecular formula is C21H21F2N5O4S. The van der Waals surface area contributed by atoms with Crippen molar-refractivity contribution in [3.05, 3.63) is 58.8 Å². The molecule has 1 saturated heterocycles. The van der Waals surface area contributed by atoms with Gasteiger partial charge < -0.3 is 10.6 Å². The van der Waals surface area contributed by atoms with Gasteiger partial charge in [-0.2, -0.15) is 5.10 Å². The van der Waals surface area contributed by atoms with Crippen molar-refractivity contribution in [2.75, 3.05) is 25.5 Å². The summed E-state index contributed by atoms with van der Waals surface area (Å²) in [5.74, 6) is -2.68. The maximum absolute atomic E-state index is 16.0. The summed E-state index contributed by atoms with van der Waals surface area (Å²) in [6, 6.07) is 5.21. The van der Waals surface area contributed by atoms with E-state index in [-0.39, 0.29) is 17.8 Å². The van der Waals surface area contributed by atoms with E-state index in [9.17, 15) is 22.4 Å². The van der Waals surface area contributed by atoms with Crippen molar-refractivity contribution in [3.63, 3.8) is 0 Å². The number of anilines is 1. The maximum Gasteiger partial charge on any atom is 0.261 e. The van der Waals surface area contributed by atoms with Gasteiger partial charge in [0.25, 0.3) is 15.9 Å². The van der Waals surface area contributed by atoms with Gasteiger partial charge in [0.05, 0.1) is 23.5 Å². The minimum absolute atomic E-state index is 0.193. The summed E-state index contributed by atoms with van der Waals surface area (Å²) in [5, 5.41) is 3.21. The first-order valence-corrected chi connectivity index (χ1v) is 11.5. The molecule has 0 bridgehead atoms. The predicted octanol–water partition coefficient (Wildman–Crippen LogP) is 2.12. The molecule has 0 spiro atoms. The van der Waals surface area contributed by atoms with Gasteiger partial charge in [-0.15, -0.1) is 0 Å². The maximum atomic E-state index is 16.0. The molecule has 3 aromatic rings. The molecule has 3 heterocycles. The molecule has 0 unspecified atom stereocenters. The second kappa shape index (κ2) is 8.19. The Morgan fingerprint density at radius 1 is 1.30 bits per heavy atom. The molecule has 1 atom stereocenters. The molecule has 33 heavy (non-hydrogen) atoms. The fraction of sp³-hybridized carbons (Fsp3) is 0.286. The van der Waals surface area contributed by atoms with Crippen molar-refractivity contribution >= 4 is 33.4 Å². The summed E-state index contributed by atoms with van der Waals surface area (Å²) < 4.78 is 57.9. The molecule has 4 rings (SSSR count). The summed E-state index contributed by atoms with van der Waals surface area (Å²) in [4.78, 5) is 25.7. The number of aromatic nitrogens is 2. The van der Waals surface area contributed by atoms with Crippen LogP contribution < -0.4 is 10.6 Å². The number of nitrogens with two attached hydrogens (primary N) is 1. The molecule has 9 nitrogen and oxygen atoms in total. The topological polar surface area (TPSA) is 118 Å². The lowest BCUT2D eigenvalue weighted by Gasteiger charge is -2.30. The van der Waals surface area contributed by atoms with E-state index in [2.05, 4.69) is 5.10 Å². The average molecular weight is 477 g/mol. The predicted molar refractivity (Wildman–Crippen MR) is 116 cm³/mol. The minimum Gasteiger partial charge on any atom is -0.365 e. The molecule has 1 amide bonds. The number of halogens is 2. The van der Waals surface area contributed by atoms with Crippen LogP contribution in [0.3, 0.4) is 0 Å². The molecule has 1 aromatic carbocycles. The van der Waals surface area contributed by atoms with Gasteiger partial charge in [0.1, 0.15) is 16.9 Å². The van der Waals surface area contributed by atoms with E-state index in [0.29, 0.717) is 29.2 Å². The third-order valence-corrected chi connectivity index (χ3v) is 7.56. The fourth-order valence-corrected chi connectivity index (χ4v) is 5.41. The van der Waals surface area contributed by atoms with Crippen LogP contribution in [0, 0.1) is 11.6 Å². The van der Waals surface area contributed by atoms with Crippen LogP contribution in [0.25, 0.3) is 5.52 Å². The molecule has 2 aromatic heterocycles. The molecule has 174 valence electrons. The van der Waals surface area contributed by atoms with Crippen molar-refractivity contribution in [1.82, 2.24) is 13.9 Å². The number of sulfonamides is 1. The van der Waals surface area contributed by atoms with Crippen LogP contribution in [-0.4, -0.2) is 55.2 Å². The smallest absolute Gasteiger partial charge is 0.261 e. The van der Waals surface area contributed by atoms with E-state index in [0.717, 1.165) is 10.5 Å². The normalized spacial score (nSPS) is 16.6. The van der Waals surface area contributed by atoms with Crippen molar-refractivity contribution in [3.8, 4) is 0 Å². The molecule has 0 radical (unpaired) electrons. The number of carbonyl (C=O) groups excluding carboxylic acids is 2. The van der Waals surface area contributed by atoms with Gasteiger partial charge in [-0.05, 0) is 30.5 Å². The van der Waals surface area contributed by atoms with Crippen LogP contribution >= 0.6 is 0 Å². The number of rotatable bonds is 6. The summed E-state index contributed by atoms with van der Waals surface area (Å²) in [6.07, 6.45) is 2.43. The summed E-state index contributed by atoms with van der Waals surface area (Å²) in [6.45, 7) is 0.251. The zero-order valence-electron chi connectivity index (χ0n) is 17.8. The van der Waals surface area contributed by atoms with Crippen molar-refractivity contribution in [2.45, 2.75) is 23.9 Å². The first-order valence-electron chi connectivity index (χ1n) is 10.0. The van der Waals surface area contributed by atoms with Crippen LogP contribution in [0.15, 0.2) is 35.5 Å². The molecule has 1 aliphatic rings. The number of benzene rings is 1. The molecule has 0 saturated carbocycles. The first kappa shape index (κ1) is 22.8. The standard InChI is InChI=1S/C21H21F2N5O4S/c1-26(2)33(31,32)21-16(20(24)30)19(17(23)18-13(11-29)10-25-28(18)21)27-8-4-7-15(27)12-5-3-6-14(22)9-12/h3,5-6,9-11,15H,4,7-8H2,1-2H3,(H2,24,30)/t15-/m1/s1. The molecule has 12 heteroatoms. The Labute approximate surface area is 188 Å². The van der Waals surface area contributed by atoms with Crippen molar-refractivity contribution in [2.24, 2.45) is 5.73 Å². The van der Waals surface area contributed by atoms with Gasteiger partial charge >= 0.3 is 0 Å². The Bertz CT molecular complexity index is 1390. The Kier molecular flexibility index (Phi) is 5.66. The van der Waals surface area contributed by atoms with Gasteiger partial charge in [0.15, 0.2) is 17.1 Å². The van der Waals surface area contributed by atoms with E-state index in [1.165, 1.54) is 37.2 Å². The highest BCUT2D eigenvalue weighted by Gasteiger charge is 2.39. The molecule has 1 aliphatic heterocycles. The fourth-order valence-electron chi connectivity index (χ4n) is 4.25. The number of nitrogens with zero attached hydrogens (tertiary/aromatic N) is 4. The Hall–Kier alpha value is -3.38. The van der Waals surface area contributed by atoms with Gasteiger partial charge in [0.2, 0.25) is 0 Å². The Morgan fingerprint density at radius 2 is 2.03 bits per heavy atom. The second-order valence-electron chi connectivity index (χ2n) is 7.88. The van der Waals surface area contributed by atoms with Crippen LogP contribution in [0.2, 0.25) is 0 Å².